The van der Waals surface area contributed by atoms with Gasteiger partial charge >= 0.3 is 5.97 Å². The van der Waals surface area contributed by atoms with Gasteiger partial charge in [-0.25, -0.2) is 0 Å². The molecule has 0 fully saturated rings. The maximum atomic E-state index is 10.1. The lowest BCUT2D eigenvalue weighted by molar-refractivity contribution is -0.138. The second-order valence-corrected chi connectivity index (χ2v) is 2.09. The van der Waals surface area contributed by atoms with Crippen LogP contribution in [0.15, 0.2) is 12.2 Å². The zero-order chi connectivity index (χ0) is 8.69. The predicted molar refractivity (Wildman–Crippen MR) is 40.0 cm³/mol. The van der Waals surface area contributed by atoms with Gasteiger partial charge in [-0.05, 0) is 18.9 Å². The fourth-order valence-corrected chi connectivity index (χ4v) is 0.551. The van der Waals surface area contributed by atoms with Crippen LogP contribution in [0, 0.1) is 0 Å². The minimum atomic E-state index is -1.01. The topological polar surface area (TPSA) is 80.4 Å². The van der Waals surface area contributed by atoms with Crippen LogP contribution < -0.4 is 5.73 Å². The molecule has 0 aliphatic carbocycles. The first kappa shape index (κ1) is 9.84. The number of hydrogen-bond acceptors (Lipinski definition) is 3. The molecular weight excluding hydrogens is 146 g/mol. The van der Waals surface area contributed by atoms with Crippen LogP contribution in [0.1, 0.15) is 12.8 Å². The SMILES string of the molecule is N[C@@H](CC/C=C/C=O)C(=O)O. The van der Waals surface area contributed by atoms with Crippen LogP contribution in [-0.4, -0.2) is 23.4 Å². The molecule has 0 radical (unpaired) electrons. The van der Waals surface area contributed by atoms with Crippen molar-refractivity contribution in [3.8, 4) is 0 Å². The van der Waals surface area contributed by atoms with E-state index in [2.05, 4.69) is 0 Å². The number of carbonyl (C=O) groups excluding carboxylic acids is 1. The Kier molecular flexibility index (Phi) is 5.02. The number of allylic oxidation sites excluding steroid dienone is 2. The summed E-state index contributed by atoms with van der Waals surface area (Å²) in [6, 6.07) is -0.827. The Labute approximate surface area is 64.7 Å². The molecule has 4 heteroatoms. The van der Waals surface area contributed by atoms with Crippen molar-refractivity contribution in [2.75, 3.05) is 0 Å². The number of aldehydes is 1. The summed E-state index contributed by atoms with van der Waals surface area (Å²) in [7, 11) is 0. The van der Waals surface area contributed by atoms with Gasteiger partial charge in [0.25, 0.3) is 0 Å². The van der Waals surface area contributed by atoms with Crippen molar-refractivity contribution in [3.63, 3.8) is 0 Å². The highest BCUT2D eigenvalue weighted by molar-refractivity contribution is 5.73. The summed E-state index contributed by atoms with van der Waals surface area (Å²) in [5, 5.41) is 8.32. The van der Waals surface area contributed by atoms with E-state index in [9.17, 15) is 9.59 Å². The first-order valence-electron chi connectivity index (χ1n) is 3.27. The molecule has 0 unspecified atom stereocenters. The fraction of sp³-hybridized carbons (Fsp3) is 0.429. The van der Waals surface area contributed by atoms with Crippen molar-refractivity contribution in [3.05, 3.63) is 12.2 Å². The first-order chi connectivity index (χ1) is 5.18. The number of nitrogens with two attached hydrogens (primary N) is 1. The number of carboxylic acid groups (broad SMARTS) is 1. The molecule has 0 amide bonds. The van der Waals surface area contributed by atoms with Crippen LogP contribution in [0.25, 0.3) is 0 Å². The molecule has 0 spiro atoms. The maximum absolute atomic E-state index is 10.1. The Morgan fingerprint density at radius 3 is 2.73 bits per heavy atom. The monoisotopic (exact) mass is 157 g/mol. The molecule has 0 saturated heterocycles. The van der Waals surface area contributed by atoms with Crippen molar-refractivity contribution < 1.29 is 14.7 Å². The second-order valence-electron chi connectivity index (χ2n) is 2.09. The summed E-state index contributed by atoms with van der Waals surface area (Å²) < 4.78 is 0. The van der Waals surface area contributed by atoms with Crippen molar-refractivity contribution in [2.24, 2.45) is 5.73 Å². The molecule has 4 nitrogen and oxygen atoms in total. The average molecular weight is 157 g/mol. The highest BCUT2D eigenvalue weighted by Gasteiger charge is 2.08. The molecule has 3 N–H and O–H groups in total. The van der Waals surface area contributed by atoms with Crippen molar-refractivity contribution in [1.82, 2.24) is 0 Å². The van der Waals surface area contributed by atoms with Crippen LogP contribution in [0.3, 0.4) is 0 Å². The zero-order valence-corrected chi connectivity index (χ0v) is 6.06. The van der Waals surface area contributed by atoms with Gasteiger partial charge in [0.2, 0.25) is 0 Å². The van der Waals surface area contributed by atoms with Crippen LogP contribution in [-0.2, 0) is 9.59 Å². The molecular formula is C7H11NO3. The lowest BCUT2D eigenvalue weighted by Gasteiger charge is -2.01. The lowest BCUT2D eigenvalue weighted by atomic mass is 10.1. The van der Waals surface area contributed by atoms with E-state index in [1.165, 1.54) is 6.08 Å². The van der Waals surface area contributed by atoms with Gasteiger partial charge in [0, 0.05) is 0 Å². The van der Waals surface area contributed by atoms with Gasteiger partial charge in [-0.1, -0.05) is 6.08 Å². The lowest BCUT2D eigenvalue weighted by Crippen LogP contribution is -2.29. The Morgan fingerprint density at radius 2 is 2.27 bits per heavy atom. The van der Waals surface area contributed by atoms with E-state index >= 15 is 0 Å². The maximum Gasteiger partial charge on any atom is 0.320 e. The molecule has 1 atom stereocenters. The van der Waals surface area contributed by atoms with Gasteiger partial charge in [0.15, 0.2) is 0 Å². The number of carbonyl (C=O) groups is 2. The third-order valence-electron chi connectivity index (χ3n) is 1.18. The molecule has 0 aromatic heterocycles. The molecule has 0 aliphatic rings. The Bertz CT molecular complexity index is 165. The third kappa shape index (κ3) is 5.29. The van der Waals surface area contributed by atoms with Gasteiger partial charge in [0.1, 0.15) is 12.3 Å². The number of carboxylic acids is 1. The Hall–Kier alpha value is -1.16. The van der Waals surface area contributed by atoms with Crippen LogP contribution in [0.4, 0.5) is 0 Å². The van der Waals surface area contributed by atoms with Crippen LogP contribution in [0.2, 0.25) is 0 Å². The smallest absolute Gasteiger partial charge is 0.320 e. The minimum Gasteiger partial charge on any atom is -0.480 e. The number of hydrogen-bond donors (Lipinski definition) is 2. The largest absolute Gasteiger partial charge is 0.480 e. The third-order valence-corrected chi connectivity index (χ3v) is 1.18. The van der Waals surface area contributed by atoms with Crippen molar-refractivity contribution in [1.29, 1.82) is 0 Å². The predicted octanol–water partition coefficient (Wildman–Crippen LogP) is -0.0664. The van der Waals surface area contributed by atoms with Gasteiger partial charge in [-0.15, -0.1) is 0 Å². The quantitative estimate of drug-likeness (QED) is 0.432. The van der Waals surface area contributed by atoms with Gasteiger partial charge in [-0.2, -0.15) is 0 Å². The summed E-state index contributed by atoms with van der Waals surface area (Å²) in [6.45, 7) is 0. The van der Waals surface area contributed by atoms with Gasteiger partial charge in [0.05, 0.1) is 0 Å². The summed E-state index contributed by atoms with van der Waals surface area (Å²) >= 11 is 0. The Balaban J connectivity index is 3.46. The van der Waals surface area contributed by atoms with E-state index in [0.717, 1.165) is 0 Å². The molecule has 62 valence electrons. The molecule has 0 bridgehead atoms. The van der Waals surface area contributed by atoms with E-state index < -0.39 is 12.0 Å². The summed E-state index contributed by atoms with van der Waals surface area (Å²) in [5.41, 5.74) is 5.18. The number of rotatable bonds is 5. The van der Waals surface area contributed by atoms with Crippen molar-refractivity contribution in [2.45, 2.75) is 18.9 Å². The first-order valence-corrected chi connectivity index (χ1v) is 3.27. The van der Waals surface area contributed by atoms with Gasteiger partial charge < -0.3 is 10.8 Å². The van der Waals surface area contributed by atoms with Crippen LogP contribution in [0.5, 0.6) is 0 Å². The summed E-state index contributed by atoms with van der Waals surface area (Å²) in [4.78, 5) is 19.9. The van der Waals surface area contributed by atoms with Gasteiger partial charge in [-0.3, -0.25) is 9.59 Å². The molecule has 0 aromatic rings. The molecule has 0 rings (SSSR count). The number of aliphatic carboxylic acids is 1. The highest BCUT2D eigenvalue weighted by Crippen LogP contribution is 1.94. The van der Waals surface area contributed by atoms with E-state index in [1.54, 1.807) is 6.08 Å². The van der Waals surface area contributed by atoms with E-state index in [0.29, 0.717) is 19.1 Å². The fourth-order valence-electron chi connectivity index (χ4n) is 0.551. The Morgan fingerprint density at radius 1 is 1.64 bits per heavy atom. The average Bonchev–Trinajstić information content (AvgIpc) is 1.97. The van der Waals surface area contributed by atoms with Crippen molar-refractivity contribution >= 4 is 12.3 Å². The zero-order valence-electron chi connectivity index (χ0n) is 6.06. The molecule has 0 saturated carbocycles. The highest BCUT2D eigenvalue weighted by atomic mass is 16.4. The minimum absolute atomic E-state index is 0.361. The molecule has 0 aromatic carbocycles. The second kappa shape index (κ2) is 5.61. The van der Waals surface area contributed by atoms with E-state index in [-0.39, 0.29) is 0 Å². The standard InChI is InChI=1S/C7H11NO3/c8-6(7(10)11)4-2-1-3-5-9/h1,3,5-6H,2,4,8H2,(H,10,11)/b3-1+/t6-/m0/s1. The summed E-state index contributed by atoms with van der Waals surface area (Å²) in [6.07, 6.45) is 4.45. The van der Waals surface area contributed by atoms with E-state index in [4.69, 9.17) is 10.8 Å². The molecule has 0 aliphatic heterocycles. The molecule has 11 heavy (non-hydrogen) atoms. The summed E-state index contributed by atoms with van der Waals surface area (Å²) in [5.74, 6) is -1.01. The van der Waals surface area contributed by atoms with Crippen LogP contribution >= 0.6 is 0 Å². The van der Waals surface area contributed by atoms with E-state index in [1.807, 2.05) is 0 Å². The molecule has 0 heterocycles. The normalized spacial score (nSPS) is 13.2.